The maximum atomic E-state index is 11.9. The molecule has 2 rings (SSSR count). The van der Waals surface area contributed by atoms with E-state index >= 15 is 0 Å². The number of rotatable bonds is 3. The summed E-state index contributed by atoms with van der Waals surface area (Å²) < 4.78 is 6.42. The predicted octanol–water partition coefficient (Wildman–Crippen LogP) is 2.99. The Morgan fingerprint density at radius 2 is 2.38 bits per heavy atom. The molecular formula is C12H14BrNO2. The number of carbonyl (C=O) groups is 1. The third-order valence-electron chi connectivity index (χ3n) is 2.70. The smallest absolute Gasteiger partial charge is 0.183 e. The van der Waals surface area contributed by atoms with Crippen LogP contribution in [0.4, 0.5) is 0 Å². The van der Waals surface area contributed by atoms with Gasteiger partial charge in [0.25, 0.3) is 0 Å². The number of hydrogen-bond acceptors (Lipinski definition) is 3. The summed E-state index contributed by atoms with van der Waals surface area (Å²) in [5.74, 6) is 0.0689. The molecule has 1 unspecified atom stereocenters. The van der Waals surface area contributed by atoms with Crippen molar-refractivity contribution in [3.8, 4) is 0 Å². The number of carbonyl (C=O) groups excluding carboxylic acids is 1. The minimum absolute atomic E-state index is 0.0689. The van der Waals surface area contributed by atoms with Gasteiger partial charge in [-0.1, -0.05) is 0 Å². The quantitative estimate of drug-likeness (QED) is 0.801. The molecule has 1 aliphatic rings. The van der Waals surface area contributed by atoms with E-state index in [9.17, 15) is 4.79 Å². The second-order valence-corrected chi connectivity index (χ2v) is 4.89. The van der Waals surface area contributed by atoms with Crippen LogP contribution in [0.3, 0.4) is 0 Å². The van der Waals surface area contributed by atoms with Gasteiger partial charge in [0.2, 0.25) is 0 Å². The molecule has 1 saturated heterocycles. The molecule has 0 N–H and O–H groups in total. The second-order valence-electron chi connectivity index (χ2n) is 3.98. The monoisotopic (exact) mass is 283 g/mol. The Morgan fingerprint density at radius 1 is 1.50 bits per heavy atom. The number of halogens is 1. The number of hydrogen-bond donors (Lipinski definition) is 0. The maximum absolute atomic E-state index is 11.9. The second kappa shape index (κ2) is 5.55. The van der Waals surface area contributed by atoms with Gasteiger partial charge in [0.05, 0.1) is 6.10 Å². The molecule has 16 heavy (non-hydrogen) atoms. The predicted molar refractivity (Wildman–Crippen MR) is 64.5 cm³/mol. The van der Waals surface area contributed by atoms with Crippen molar-refractivity contribution < 1.29 is 9.53 Å². The van der Waals surface area contributed by atoms with Crippen molar-refractivity contribution in [2.45, 2.75) is 31.8 Å². The van der Waals surface area contributed by atoms with Crippen LogP contribution in [0, 0.1) is 0 Å². The van der Waals surface area contributed by atoms with E-state index in [0.717, 1.165) is 30.3 Å². The Hall–Kier alpha value is -0.740. The first kappa shape index (κ1) is 11.7. The van der Waals surface area contributed by atoms with Crippen molar-refractivity contribution in [1.82, 2.24) is 4.98 Å². The van der Waals surface area contributed by atoms with Crippen LogP contribution >= 0.6 is 15.9 Å². The molecule has 86 valence electrons. The van der Waals surface area contributed by atoms with Crippen LogP contribution in [-0.4, -0.2) is 23.5 Å². The summed E-state index contributed by atoms with van der Waals surface area (Å²) in [6, 6.07) is 3.58. The molecule has 4 heteroatoms. The highest BCUT2D eigenvalue weighted by Gasteiger charge is 2.19. The third kappa shape index (κ3) is 3.12. The number of Topliss-reactive ketones (excluding diaryl/α,β-unsaturated/α-hetero) is 1. The summed E-state index contributed by atoms with van der Waals surface area (Å²) in [4.78, 5) is 16.0. The third-order valence-corrected chi connectivity index (χ3v) is 3.17. The van der Waals surface area contributed by atoms with Crippen LogP contribution in [-0.2, 0) is 4.74 Å². The van der Waals surface area contributed by atoms with E-state index in [2.05, 4.69) is 20.9 Å². The molecular weight excluding hydrogens is 270 g/mol. The minimum Gasteiger partial charge on any atom is -0.378 e. The van der Waals surface area contributed by atoms with Crippen molar-refractivity contribution in [2.24, 2.45) is 0 Å². The van der Waals surface area contributed by atoms with Gasteiger partial charge < -0.3 is 4.74 Å². The van der Waals surface area contributed by atoms with Gasteiger partial charge in [-0.2, -0.15) is 0 Å². The normalized spacial score (nSPS) is 20.7. The zero-order valence-electron chi connectivity index (χ0n) is 8.99. The highest BCUT2D eigenvalue weighted by atomic mass is 79.9. The molecule has 0 spiro atoms. The van der Waals surface area contributed by atoms with E-state index in [1.807, 2.05) is 6.07 Å². The van der Waals surface area contributed by atoms with E-state index < -0.39 is 0 Å². The van der Waals surface area contributed by atoms with Gasteiger partial charge in [-0.3, -0.25) is 9.78 Å². The molecule has 1 fully saturated rings. The van der Waals surface area contributed by atoms with E-state index in [1.54, 1.807) is 12.3 Å². The van der Waals surface area contributed by atoms with Gasteiger partial charge >= 0.3 is 0 Å². The molecule has 0 radical (unpaired) electrons. The highest BCUT2D eigenvalue weighted by molar-refractivity contribution is 9.10. The van der Waals surface area contributed by atoms with Gasteiger partial charge in [-0.05, 0) is 47.3 Å². The SMILES string of the molecule is O=C(CC1CCCCO1)c1ccc(Br)cn1. The molecule has 1 aromatic rings. The molecule has 0 aromatic carbocycles. The molecule has 3 nitrogen and oxygen atoms in total. The van der Waals surface area contributed by atoms with E-state index in [1.165, 1.54) is 0 Å². The van der Waals surface area contributed by atoms with Crippen molar-refractivity contribution >= 4 is 21.7 Å². The summed E-state index contributed by atoms with van der Waals surface area (Å²) in [5.41, 5.74) is 0.525. The lowest BCUT2D eigenvalue weighted by atomic mass is 10.0. The lowest BCUT2D eigenvalue weighted by Crippen LogP contribution is -2.22. The Balaban J connectivity index is 1.94. The average Bonchev–Trinajstić information content (AvgIpc) is 2.31. The largest absolute Gasteiger partial charge is 0.378 e. The fourth-order valence-electron chi connectivity index (χ4n) is 1.82. The first-order chi connectivity index (χ1) is 7.75. The van der Waals surface area contributed by atoms with E-state index in [0.29, 0.717) is 12.1 Å². The Kier molecular flexibility index (Phi) is 4.07. The molecule has 0 bridgehead atoms. The van der Waals surface area contributed by atoms with Crippen LogP contribution in [0.25, 0.3) is 0 Å². The zero-order chi connectivity index (χ0) is 11.4. The van der Waals surface area contributed by atoms with E-state index in [-0.39, 0.29) is 11.9 Å². The number of ether oxygens (including phenoxy) is 1. The Morgan fingerprint density at radius 3 is 3.00 bits per heavy atom. The lowest BCUT2D eigenvalue weighted by molar-refractivity contribution is 0.0128. The van der Waals surface area contributed by atoms with Gasteiger partial charge in [-0.25, -0.2) is 0 Å². The molecule has 2 heterocycles. The molecule has 0 amide bonds. The Labute approximate surface area is 103 Å². The molecule has 1 atom stereocenters. The lowest BCUT2D eigenvalue weighted by Gasteiger charge is -2.21. The van der Waals surface area contributed by atoms with Crippen molar-refractivity contribution in [3.05, 3.63) is 28.5 Å². The van der Waals surface area contributed by atoms with Gasteiger partial charge in [0.1, 0.15) is 5.69 Å². The van der Waals surface area contributed by atoms with Crippen LogP contribution < -0.4 is 0 Å². The number of pyridine rings is 1. The minimum atomic E-state index is 0.0689. The standard InChI is InChI=1S/C12H14BrNO2/c13-9-4-5-11(14-8-9)12(15)7-10-3-1-2-6-16-10/h4-5,8,10H,1-3,6-7H2. The first-order valence-corrected chi connectivity index (χ1v) is 6.31. The first-order valence-electron chi connectivity index (χ1n) is 5.52. The fraction of sp³-hybridized carbons (Fsp3) is 0.500. The molecule has 0 saturated carbocycles. The number of nitrogens with zero attached hydrogens (tertiary/aromatic N) is 1. The molecule has 1 aliphatic heterocycles. The maximum Gasteiger partial charge on any atom is 0.183 e. The van der Waals surface area contributed by atoms with E-state index in [4.69, 9.17) is 4.74 Å². The average molecular weight is 284 g/mol. The van der Waals surface area contributed by atoms with Crippen LogP contribution in [0.2, 0.25) is 0 Å². The topological polar surface area (TPSA) is 39.2 Å². The Bertz CT molecular complexity index is 358. The number of ketones is 1. The summed E-state index contributed by atoms with van der Waals surface area (Å²) >= 11 is 3.29. The summed E-state index contributed by atoms with van der Waals surface area (Å²) in [7, 11) is 0. The van der Waals surface area contributed by atoms with Crippen molar-refractivity contribution in [2.75, 3.05) is 6.61 Å². The van der Waals surface area contributed by atoms with Gasteiger partial charge in [0.15, 0.2) is 5.78 Å². The summed E-state index contributed by atoms with van der Waals surface area (Å²) in [6.45, 7) is 0.783. The molecule has 1 aromatic heterocycles. The molecule has 0 aliphatic carbocycles. The van der Waals surface area contributed by atoms with Crippen molar-refractivity contribution in [1.29, 1.82) is 0 Å². The van der Waals surface area contributed by atoms with Crippen LogP contribution in [0.5, 0.6) is 0 Å². The fourth-order valence-corrected chi connectivity index (χ4v) is 2.06. The summed E-state index contributed by atoms with van der Waals surface area (Å²) in [6.07, 6.45) is 5.45. The zero-order valence-corrected chi connectivity index (χ0v) is 10.6. The van der Waals surface area contributed by atoms with Gasteiger partial charge in [0, 0.05) is 23.7 Å². The number of aromatic nitrogens is 1. The van der Waals surface area contributed by atoms with Gasteiger partial charge in [-0.15, -0.1) is 0 Å². The van der Waals surface area contributed by atoms with Crippen molar-refractivity contribution in [3.63, 3.8) is 0 Å². The van der Waals surface area contributed by atoms with Crippen LogP contribution in [0.1, 0.15) is 36.2 Å². The van der Waals surface area contributed by atoms with Crippen LogP contribution in [0.15, 0.2) is 22.8 Å². The summed E-state index contributed by atoms with van der Waals surface area (Å²) in [5, 5.41) is 0. The highest BCUT2D eigenvalue weighted by Crippen LogP contribution is 2.17.